The number of likely N-dealkylation sites (N-methyl/N-ethyl adjacent to an activating group) is 1. The van der Waals surface area contributed by atoms with Crippen LogP contribution < -0.4 is 27.8 Å². The highest BCUT2D eigenvalue weighted by molar-refractivity contribution is 5.97. The molecule has 0 aliphatic rings. The molecule has 10 nitrogen and oxygen atoms in total. The van der Waals surface area contributed by atoms with Crippen LogP contribution in [0.1, 0.15) is 42.4 Å². The number of nitrogens with one attached hydrogen (secondary N) is 2. The van der Waals surface area contributed by atoms with Gasteiger partial charge in [-0.2, -0.15) is 0 Å². The van der Waals surface area contributed by atoms with Crippen molar-refractivity contribution in [1.82, 2.24) is 15.8 Å². The number of nitrogens with zero attached hydrogens (tertiary/aromatic N) is 1. The number of nitrogens with two attached hydrogens (primary N) is 3. The highest BCUT2D eigenvalue weighted by Crippen LogP contribution is 2.08. The number of aromatic nitrogens is 1. The average molecular weight is 358 g/mol. The Bertz CT molecular complexity index is 518. The summed E-state index contributed by atoms with van der Waals surface area (Å²) < 4.78 is 4.93. The van der Waals surface area contributed by atoms with Gasteiger partial charge in [0.1, 0.15) is 6.04 Å². The SMILES string of the molecule is CCCCc1cc(C(=O)N[C@@H](CC(N)=O)C(=O)NC)on1.CN.CN. The predicted molar refractivity (Wildman–Crippen MR) is 94.5 cm³/mol. The third-order valence-corrected chi connectivity index (χ3v) is 2.84. The van der Waals surface area contributed by atoms with E-state index < -0.39 is 23.8 Å². The van der Waals surface area contributed by atoms with Crippen LogP contribution in [0, 0.1) is 0 Å². The fraction of sp³-hybridized carbons (Fsp3) is 0.600. The standard InChI is InChI=1S/C13H20N4O4.2CH5N/c1-3-4-5-8-6-10(21-17-8)13(20)16-9(7-11(14)18)12(19)15-2;2*1-2/h6,9H,3-5,7H2,1-2H3,(H2,14,18)(H,15,19)(H,16,20);2*2H2,1H3/t9-;;/m0../s1. The van der Waals surface area contributed by atoms with Gasteiger partial charge in [-0.1, -0.05) is 18.5 Å². The second-order valence-electron chi connectivity index (χ2n) is 4.60. The number of hydrogen-bond acceptors (Lipinski definition) is 7. The van der Waals surface area contributed by atoms with Gasteiger partial charge < -0.3 is 32.4 Å². The Hall–Kier alpha value is -2.46. The van der Waals surface area contributed by atoms with E-state index in [2.05, 4.69) is 27.3 Å². The summed E-state index contributed by atoms with van der Waals surface area (Å²) in [4.78, 5) is 34.5. The second-order valence-corrected chi connectivity index (χ2v) is 4.60. The van der Waals surface area contributed by atoms with Gasteiger partial charge in [0.2, 0.25) is 17.6 Å². The molecule has 0 saturated heterocycles. The molecule has 0 radical (unpaired) electrons. The molecule has 8 N–H and O–H groups in total. The third kappa shape index (κ3) is 10.1. The van der Waals surface area contributed by atoms with E-state index in [1.165, 1.54) is 27.2 Å². The fourth-order valence-corrected chi connectivity index (χ4v) is 1.71. The number of unbranched alkanes of at least 4 members (excludes halogenated alkanes) is 1. The minimum Gasteiger partial charge on any atom is -0.370 e. The maximum absolute atomic E-state index is 12.0. The molecule has 0 bridgehead atoms. The monoisotopic (exact) mass is 358 g/mol. The van der Waals surface area contributed by atoms with E-state index in [0.717, 1.165) is 12.8 Å². The van der Waals surface area contributed by atoms with Gasteiger partial charge >= 0.3 is 0 Å². The van der Waals surface area contributed by atoms with Gasteiger partial charge in [0, 0.05) is 13.1 Å². The van der Waals surface area contributed by atoms with Gasteiger partial charge in [-0.25, -0.2) is 0 Å². The van der Waals surface area contributed by atoms with Crippen molar-refractivity contribution >= 4 is 17.7 Å². The number of carbonyl (C=O) groups excluding carboxylic acids is 3. The lowest BCUT2D eigenvalue weighted by atomic mass is 10.1. The van der Waals surface area contributed by atoms with E-state index in [9.17, 15) is 14.4 Å². The van der Waals surface area contributed by atoms with Crippen molar-refractivity contribution in [3.8, 4) is 0 Å². The van der Waals surface area contributed by atoms with Gasteiger partial charge in [-0.3, -0.25) is 14.4 Å². The van der Waals surface area contributed by atoms with Crippen LogP contribution in [-0.4, -0.2) is 50.1 Å². The summed E-state index contributed by atoms with van der Waals surface area (Å²) in [5.41, 5.74) is 14.7. The molecule has 1 atom stereocenters. The first-order valence-electron chi connectivity index (χ1n) is 7.89. The average Bonchev–Trinajstić information content (AvgIpc) is 3.10. The first-order chi connectivity index (χ1) is 12.0. The van der Waals surface area contributed by atoms with Gasteiger partial charge in [-0.15, -0.1) is 0 Å². The van der Waals surface area contributed by atoms with Crippen molar-refractivity contribution in [3.63, 3.8) is 0 Å². The van der Waals surface area contributed by atoms with Crippen molar-refractivity contribution in [2.75, 3.05) is 21.1 Å². The van der Waals surface area contributed by atoms with Gasteiger partial charge in [-0.05, 0) is 26.9 Å². The molecule has 0 aromatic carbocycles. The number of amides is 3. The van der Waals surface area contributed by atoms with Crippen molar-refractivity contribution in [1.29, 1.82) is 0 Å². The minimum atomic E-state index is -1.04. The Balaban J connectivity index is 0. The molecule has 3 amide bonds. The van der Waals surface area contributed by atoms with E-state index in [0.29, 0.717) is 12.1 Å². The molecule has 1 aromatic rings. The fourth-order valence-electron chi connectivity index (χ4n) is 1.71. The topological polar surface area (TPSA) is 179 Å². The first-order valence-corrected chi connectivity index (χ1v) is 7.89. The number of primary amides is 1. The molecule has 10 heteroatoms. The summed E-state index contributed by atoms with van der Waals surface area (Å²) in [6.45, 7) is 2.05. The lowest BCUT2D eigenvalue weighted by molar-refractivity contribution is -0.126. The van der Waals surface area contributed by atoms with E-state index >= 15 is 0 Å². The molecule has 0 spiro atoms. The smallest absolute Gasteiger partial charge is 0.290 e. The Morgan fingerprint density at radius 2 is 1.84 bits per heavy atom. The molecular weight excluding hydrogens is 328 g/mol. The Kier molecular flexibility index (Phi) is 15.0. The molecule has 1 aromatic heterocycles. The molecule has 1 heterocycles. The highest BCUT2D eigenvalue weighted by atomic mass is 16.5. The zero-order valence-electron chi connectivity index (χ0n) is 15.3. The van der Waals surface area contributed by atoms with Crippen molar-refractivity contribution in [2.24, 2.45) is 17.2 Å². The lowest BCUT2D eigenvalue weighted by Gasteiger charge is -2.14. The predicted octanol–water partition coefficient (Wildman–Crippen LogP) is -1.11. The first kappa shape index (κ1) is 24.8. The van der Waals surface area contributed by atoms with Crippen LogP contribution in [0.15, 0.2) is 10.6 Å². The van der Waals surface area contributed by atoms with Gasteiger partial charge in [0.05, 0.1) is 12.1 Å². The van der Waals surface area contributed by atoms with Crippen LogP contribution in [0.5, 0.6) is 0 Å². The highest BCUT2D eigenvalue weighted by Gasteiger charge is 2.24. The largest absolute Gasteiger partial charge is 0.370 e. The minimum absolute atomic E-state index is 0.000485. The normalized spacial score (nSPS) is 10.3. The summed E-state index contributed by atoms with van der Waals surface area (Å²) in [6.07, 6.45) is 2.37. The van der Waals surface area contributed by atoms with Crippen molar-refractivity contribution < 1.29 is 18.9 Å². The summed E-state index contributed by atoms with van der Waals surface area (Å²) in [5.74, 6) is -1.81. The summed E-state index contributed by atoms with van der Waals surface area (Å²) in [7, 11) is 4.40. The molecule has 1 rings (SSSR count). The van der Waals surface area contributed by atoms with Crippen molar-refractivity contribution in [3.05, 3.63) is 17.5 Å². The molecule has 144 valence electrons. The Morgan fingerprint density at radius 1 is 1.24 bits per heavy atom. The van der Waals surface area contributed by atoms with Crippen molar-refractivity contribution in [2.45, 2.75) is 38.6 Å². The molecule has 0 saturated carbocycles. The van der Waals surface area contributed by atoms with Gasteiger partial charge in [0.25, 0.3) is 5.91 Å². The van der Waals surface area contributed by atoms with Gasteiger partial charge in [0.15, 0.2) is 0 Å². The van der Waals surface area contributed by atoms with Crippen LogP contribution in [0.2, 0.25) is 0 Å². The molecular formula is C15H30N6O4. The van der Waals surface area contributed by atoms with Crippen LogP contribution >= 0.6 is 0 Å². The Labute approximate surface area is 147 Å². The quantitative estimate of drug-likeness (QED) is 0.390. The summed E-state index contributed by atoms with van der Waals surface area (Å²) in [6, 6.07) is 0.486. The zero-order chi connectivity index (χ0) is 19.8. The van der Waals surface area contributed by atoms with Crippen LogP contribution in [0.4, 0.5) is 0 Å². The molecule has 0 aliphatic heterocycles. The maximum atomic E-state index is 12.0. The molecule has 0 fully saturated rings. The van der Waals surface area contributed by atoms with Crippen LogP contribution in [-0.2, 0) is 16.0 Å². The Morgan fingerprint density at radius 3 is 2.32 bits per heavy atom. The molecule has 25 heavy (non-hydrogen) atoms. The molecule has 0 aliphatic carbocycles. The number of rotatable bonds is 8. The lowest BCUT2D eigenvalue weighted by Crippen LogP contribution is -2.47. The van der Waals surface area contributed by atoms with E-state index in [1.807, 2.05) is 6.92 Å². The summed E-state index contributed by atoms with van der Waals surface area (Å²) in [5, 5.41) is 8.53. The number of carbonyl (C=O) groups is 3. The van der Waals surface area contributed by atoms with Crippen LogP contribution in [0.25, 0.3) is 0 Å². The van der Waals surface area contributed by atoms with E-state index in [1.54, 1.807) is 0 Å². The maximum Gasteiger partial charge on any atom is 0.290 e. The number of hydrogen-bond donors (Lipinski definition) is 5. The van der Waals surface area contributed by atoms with Crippen LogP contribution in [0.3, 0.4) is 0 Å². The third-order valence-electron chi connectivity index (χ3n) is 2.84. The zero-order valence-corrected chi connectivity index (χ0v) is 15.3. The van der Waals surface area contributed by atoms with E-state index in [-0.39, 0.29) is 12.2 Å². The molecule has 0 unspecified atom stereocenters. The second kappa shape index (κ2) is 15.1. The number of aryl methyl sites for hydroxylation is 1. The van der Waals surface area contributed by atoms with E-state index in [4.69, 9.17) is 10.3 Å². The summed E-state index contributed by atoms with van der Waals surface area (Å²) >= 11 is 0.